The molecule has 0 bridgehead atoms. The number of hydrogen-bond donors (Lipinski definition) is 1. The lowest BCUT2D eigenvalue weighted by Gasteiger charge is -1.93. The molecule has 0 saturated heterocycles. The van der Waals surface area contributed by atoms with Gasteiger partial charge in [0.2, 0.25) is 0 Å². The molecule has 0 spiro atoms. The van der Waals surface area contributed by atoms with E-state index in [1.807, 2.05) is 0 Å². The topological polar surface area (TPSA) is 54.5 Å². The monoisotopic (exact) mass is 194 g/mol. The van der Waals surface area contributed by atoms with E-state index in [0.29, 0.717) is 16.7 Å². The van der Waals surface area contributed by atoms with Gasteiger partial charge in [-0.2, -0.15) is 5.10 Å². The molecule has 2 aromatic rings. The van der Waals surface area contributed by atoms with E-state index in [1.165, 1.54) is 19.2 Å². The van der Waals surface area contributed by atoms with Crippen LogP contribution >= 0.6 is 11.6 Å². The Morgan fingerprint density at radius 3 is 3.00 bits per heavy atom. The minimum absolute atomic E-state index is 0.501. The van der Waals surface area contributed by atoms with Gasteiger partial charge in [0, 0.05) is 5.92 Å². The van der Waals surface area contributed by atoms with E-state index in [2.05, 4.69) is 20.2 Å². The van der Waals surface area contributed by atoms with Crippen LogP contribution in [0.2, 0.25) is 5.15 Å². The maximum absolute atomic E-state index is 5.96. The number of fused-ring (bicyclic) bond motifs is 1. The zero-order chi connectivity index (χ0) is 8.84. The summed E-state index contributed by atoms with van der Waals surface area (Å²) >= 11 is 5.96. The minimum Gasteiger partial charge on any atom is -0.279 e. The number of hydrogen-bond acceptors (Lipinski definition) is 3. The normalized spacial score (nSPS) is 16.7. The summed E-state index contributed by atoms with van der Waals surface area (Å²) in [7, 11) is 0. The molecule has 1 aliphatic carbocycles. The first-order chi connectivity index (χ1) is 6.36. The molecular weight excluding hydrogens is 188 g/mol. The van der Waals surface area contributed by atoms with E-state index >= 15 is 0 Å². The van der Waals surface area contributed by atoms with Crippen LogP contribution in [0.3, 0.4) is 0 Å². The smallest absolute Gasteiger partial charge is 0.185 e. The highest BCUT2D eigenvalue weighted by atomic mass is 35.5. The van der Waals surface area contributed by atoms with Crippen molar-refractivity contribution in [3.8, 4) is 0 Å². The molecule has 1 N–H and O–H groups in total. The fourth-order valence-electron chi connectivity index (χ4n) is 1.51. The van der Waals surface area contributed by atoms with Crippen molar-refractivity contribution >= 4 is 22.6 Å². The van der Waals surface area contributed by atoms with E-state index in [-0.39, 0.29) is 0 Å². The Balaban J connectivity index is 2.34. The minimum atomic E-state index is 0.501. The first-order valence-corrected chi connectivity index (χ1v) is 4.58. The van der Waals surface area contributed by atoms with Crippen LogP contribution in [0.25, 0.3) is 11.0 Å². The molecule has 5 heteroatoms. The molecule has 66 valence electrons. The van der Waals surface area contributed by atoms with Gasteiger partial charge in [-0.05, 0) is 12.8 Å². The van der Waals surface area contributed by atoms with Gasteiger partial charge in [0.15, 0.2) is 5.65 Å². The van der Waals surface area contributed by atoms with Gasteiger partial charge in [0.25, 0.3) is 0 Å². The van der Waals surface area contributed by atoms with Crippen molar-refractivity contribution in [3.05, 3.63) is 17.2 Å². The lowest BCUT2D eigenvalue weighted by molar-refractivity contribution is 0.974. The molecule has 0 radical (unpaired) electrons. The van der Waals surface area contributed by atoms with E-state index in [0.717, 1.165) is 11.1 Å². The van der Waals surface area contributed by atoms with Crippen molar-refractivity contribution in [2.75, 3.05) is 0 Å². The first-order valence-electron chi connectivity index (χ1n) is 4.20. The first kappa shape index (κ1) is 7.26. The van der Waals surface area contributed by atoms with Gasteiger partial charge in [0.1, 0.15) is 11.5 Å². The second-order valence-corrected chi connectivity index (χ2v) is 3.63. The fraction of sp³-hybridized carbons (Fsp3) is 0.375. The molecule has 1 saturated carbocycles. The third-order valence-electron chi connectivity index (χ3n) is 2.32. The third-order valence-corrected chi connectivity index (χ3v) is 2.60. The second kappa shape index (κ2) is 2.42. The average molecular weight is 195 g/mol. The number of halogens is 1. The zero-order valence-electron chi connectivity index (χ0n) is 6.79. The Morgan fingerprint density at radius 1 is 1.38 bits per heavy atom. The number of nitrogens with zero attached hydrogens (tertiary/aromatic N) is 3. The number of H-pyrrole nitrogens is 1. The standard InChI is InChI=1S/C8H7ClN4/c9-7-5-6(4-1-2-4)12-13-8(5)11-3-10-7/h3-4H,1-2H2,(H,10,11,12,13). The van der Waals surface area contributed by atoms with Crippen LogP contribution in [0.1, 0.15) is 24.5 Å². The number of nitrogens with one attached hydrogen (secondary N) is 1. The maximum atomic E-state index is 5.96. The number of aromatic nitrogens is 4. The van der Waals surface area contributed by atoms with Crippen molar-refractivity contribution in [1.29, 1.82) is 0 Å². The molecule has 2 aromatic heterocycles. The molecule has 0 atom stereocenters. The molecule has 0 aromatic carbocycles. The van der Waals surface area contributed by atoms with Gasteiger partial charge in [0.05, 0.1) is 11.1 Å². The van der Waals surface area contributed by atoms with Gasteiger partial charge in [-0.25, -0.2) is 9.97 Å². The molecule has 3 rings (SSSR count). The van der Waals surface area contributed by atoms with Gasteiger partial charge in [-0.1, -0.05) is 11.6 Å². The summed E-state index contributed by atoms with van der Waals surface area (Å²) in [5.74, 6) is 0.591. The Labute approximate surface area is 79.3 Å². The third kappa shape index (κ3) is 1.02. The number of aromatic amines is 1. The van der Waals surface area contributed by atoms with Crippen molar-refractivity contribution in [3.63, 3.8) is 0 Å². The van der Waals surface area contributed by atoms with E-state index < -0.39 is 0 Å². The van der Waals surface area contributed by atoms with Crippen molar-refractivity contribution in [1.82, 2.24) is 20.2 Å². The maximum Gasteiger partial charge on any atom is 0.185 e. The van der Waals surface area contributed by atoms with Crippen molar-refractivity contribution < 1.29 is 0 Å². The molecule has 2 heterocycles. The molecule has 1 aliphatic rings. The summed E-state index contributed by atoms with van der Waals surface area (Å²) in [6.07, 6.45) is 3.85. The molecule has 13 heavy (non-hydrogen) atoms. The predicted molar refractivity (Wildman–Crippen MR) is 48.7 cm³/mol. The van der Waals surface area contributed by atoms with Gasteiger partial charge in [-0.3, -0.25) is 5.10 Å². The summed E-state index contributed by atoms with van der Waals surface area (Å²) < 4.78 is 0. The van der Waals surface area contributed by atoms with Crippen LogP contribution in [-0.4, -0.2) is 20.2 Å². The van der Waals surface area contributed by atoms with Crippen LogP contribution in [0.5, 0.6) is 0 Å². The van der Waals surface area contributed by atoms with E-state index in [9.17, 15) is 0 Å². The molecule has 0 unspecified atom stereocenters. The highest BCUT2D eigenvalue weighted by molar-refractivity contribution is 6.34. The van der Waals surface area contributed by atoms with Gasteiger partial charge in [-0.15, -0.1) is 0 Å². The molecule has 0 amide bonds. The summed E-state index contributed by atoms with van der Waals surface area (Å²) in [6, 6.07) is 0. The Bertz CT molecular complexity index is 460. The van der Waals surface area contributed by atoms with Gasteiger partial charge >= 0.3 is 0 Å². The van der Waals surface area contributed by atoms with Crippen LogP contribution in [0, 0.1) is 0 Å². The zero-order valence-corrected chi connectivity index (χ0v) is 7.54. The second-order valence-electron chi connectivity index (χ2n) is 3.27. The number of rotatable bonds is 1. The van der Waals surface area contributed by atoms with Crippen molar-refractivity contribution in [2.24, 2.45) is 0 Å². The molecular formula is C8H7ClN4. The highest BCUT2D eigenvalue weighted by Gasteiger charge is 2.28. The average Bonchev–Trinajstić information content (AvgIpc) is 2.87. The Morgan fingerprint density at radius 2 is 2.23 bits per heavy atom. The summed E-state index contributed by atoms with van der Waals surface area (Å²) in [6.45, 7) is 0. The lowest BCUT2D eigenvalue weighted by atomic mass is 10.2. The Hall–Kier alpha value is -1.16. The quantitative estimate of drug-likeness (QED) is 0.706. The molecule has 1 fully saturated rings. The Kier molecular flexibility index (Phi) is 1.35. The molecule has 0 aliphatic heterocycles. The summed E-state index contributed by atoms with van der Waals surface area (Å²) in [4.78, 5) is 7.98. The fourth-order valence-corrected chi connectivity index (χ4v) is 1.74. The summed E-state index contributed by atoms with van der Waals surface area (Å²) in [5, 5.41) is 8.46. The van der Waals surface area contributed by atoms with Crippen LogP contribution in [-0.2, 0) is 0 Å². The molecule has 4 nitrogen and oxygen atoms in total. The highest BCUT2D eigenvalue weighted by Crippen LogP contribution is 2.42. The largest absolute Gasteiger partial charge is 0.279 e. The van der Waals surface area contributed by atoms with Gasteiger partial charge < -0.3 is 0 Å². The van der Waals surface area contributed by atoms with E-state index in [1.54, 1.807) is 0 Å². The SMILES string of the molecule is Clc1ncnc2n[nH]c(C3CC3)c12. The van der Waals surface area contributed by atoms with Crippen LogP contribution < -0.4 is 0 Å². The van der Waals surface area contributed by atoms with Crippen molar-refractivity contribution in [2.45, 2.75) is 18.8 Å². The van der Waals surface area contributed by atoms with Crippen LogP contribution in [0.4, 0.5) is 0 Å². The van der Waals surface area contributed by atoms with E-state index in [4.69, 9.17) is 11.6 Å². The lowest BCUT2D eigenvalue weighted by Crippen LogP contribution is -1.83. The predicted octanol–water partition coefficient (Wildman–Crippen LogP) is 1.88. The summed E-state index contributed by atoms with van der Waals surface area (Å²) in [5.41, 5.74) is 1.77. The van der Waals surface area contributed by atoms with Crippen LogP contribution in [0.15, 0.2) is 6.33 Å².